The zero-order valence-corrected chi connectivity index (χ0v) is 12.7. The lowest BCUT2D eigenvalue weighted by atomic mass is 9.77. The van der Waals surface area contributed by atoms with Crippen molar-refractivity contribution in [2.24, 2.45) is 5.41 Å². The Bertz CT molecular complexity index is 556. The van der Waals surface area contributed by atoms with Crippen molar-refractivity contribution >= 4 is 29.2 Å². The van der Waals surface area contributed by atoms with Crippen LogP contribution in [0, 0.1) is 5.41 Å². The summed E-state index contributed by atoms with van der Waals surface area (Å²) in [7, 11) is 0. The zero-order chi connectivity index (χ0) is 15.6. The van der Waals surface area contributed by atoms with Gasteiger partial charge in [-0.2, -0.15) is 0 Å². The molecule has 1 aliphatic heterocycles. The molecule has 1 saturated heterocycles. The van der Waals surface area contributed by atoms with E-state index in [1.807, 2.05) is 6.92 Å². The SMILES string of the molecule is CCC1(C(=O)O)CCCN(C(=O)c2cc(N)cc(Cl)c2)C1. The van der Waals surface area contributed by atoms with Crippen molar-refractivity contribution in [2.75, 3.05) is 18.8 Å². The van der Waals surface area contributed by atoms with E-state index in [1.54, 1.807) is 23.1 Å². The predicted octanol–water partition coefficient (Wildman–Crippen LogP) is 2.64. The van der Waals surface area contributed by atoms with Gasteiger partial charge in [-0.05, 0) is 37.5 Å². The highest BCUT2D eigenvalue weighted by atomic mass is 35.5. The highest BCUT2D eigenvalue weighted by Crippen LogP contribution is 2.34. The van der Waals surface area contributed by atoms with Crippen molar-refractivity contribution in [2.45, 2.75) is 26.2 Å². The van der Waals surface area contributed by atoms with Crippen LogP contribution in [-0.2, 0) is 4.79 Å². The third-order valence-electron chi connectivity index (χ3n) is 4.16. The molecule has 0 spiro atoms. The third-order valence-corrected chi connectivity index (χ3v) is 4.38. The summed E-state index contributed by atoms with van der Waals surface area (Å²) in [5.41, 5.74) is 5.68. The Kier molecular flexibility index (Phi) is 4.42. The van der Waals surface area contributed by atoms with Crippen LogP contribution < -0.4 is 5.73 Å². The van der Waals surface area contributed by atoms with Crippen molar-refractivity contribution in [1.82, 2.24) is 4.90 Å². The maximum Gasteiger partial charge on any atom is 0.311 e. The summed E-state index contributed by atoms with van der Waals surface area (Å²) in [6, 6.07) is 4.70. The number of likely N-dealkylation sites (tertiary alicyclic amines) is 1. The van der Waals surface area contributed by atoms with E-state index in [4.69, 9.17) is 17.3 Å². The molecule has 1 unspecified atom stereocenters. The van der Waals surface area contributed by atoms with E-state index < -0.39 is 11.4 Å². The number of amides is 1. The number of halogens is 1. The Balaban J connectivity index is 2.25. The summed E-state index contributed by atoms with van der Waals surface area (Å²) in [5.74, 6) is -1.06. The van der Waals surface area contributed by atoms with Crippen molar-refractivity contribution in [1.29, 1.82) is 0 Å². The third kappa shape index (κ3) is 3.13. The molecule has 114 valence electrons. The fourth-order valence-corrected chi connectivity index (χ4v) is 3.08. The summed E-state index contributed by atoms with van der Waals surface area (Å²) in [4.78, 5) is 25.7. The monoisotopic (exact) mass is 310 g/mol. The van der Waals surface area contributed by atoms with Gasteiger partial charge in [-0.1, -0.05) is 18.5 Å². The van der Waals surface area contributed by atoms with Crippen LogP contribution in [-0.4, -0.2) is 35.0 Å². The van der Waals surface area contributed by atoms with Crippen LogP contribution in [0.4, 0.5) is 5.69 Å². The van der Waals surface area contributed by atoms with Crippen LogP contribution in [0.2, 0.25) is 5.02 Å². The van der Waals surface area contributed by atoms with Gasteiger partial charge in [0, 0.05) is 29.4 Å². The predicted molar refractivity (Wildman–Crippen MR) is 81.4 cm³/mol. The van der Waals surface area contributed by atoms with Gasteiger partial charge in [0.1, 0.15) is 0 Å². The molecule has 5 nitrogen and oxygen atoms in total. The second-order valence-electron chi connectivity index (χ2n) is 5.54. The summed E-state index contributed by atoms with van der Waals surface area (Å²) < 4.78 is 0. The van der Waals surface area contributed by atoms with Gasteiger partial charge in [0.2, 0.25) is 0 Å². The van der Waals surface area contributed by atoms with Gasteiger partial charge in [-0.25, -0.2) is 0 Å². The van der Waals surface area contributed by atoms with Crippen LogP contribution in [0.5, 0.6) is 0 Å². The lowest BCUT2D eigenvalue weighted by molar-refractivity contribution is -0.152. The first-order valence-corrected chi connectivity index (χ1v) is 7.34. The van der Waals surface area contributed by atoms with Gasteiger partial charge in [-0.3, -0.25) is 9.59 Å². The van der Waals surface area contributed by atoms with Crippen molar-refractivity contribution < 1.29 is 14.7 Å². The number of nitrogens with zero attached hydrogens (tertiary/aromatic N) is 1. The Morgan fingerprint density at radius 1 is 1.43 bits per heavy atom. The van der Waals surface area contributed by atoms with Crippen LogP contribution in [0.3, 0.4) is 0 Å². The molecule has 1 aromatic carbocycles. The molecule has 0 bridgehead atoms. The summed E-state index contributed by atoms with van der Waals surface area (Å²) in [5, 5.41) is 9.87. The molecular weight excluding hydrogens is 292 g/mol. The van der Waals surface area contributed by atoms with E-state index in [9.17, 15) is 14.7 Å². The molecule has 1 heterocycles. The minimum Gasteiger partial charge on any atom is -0.481 e. The van der Waals surface area contributed by atoms with Gasteiger partial charge in [0.25, 0.3) is 5.91 Å². The molecule has 21 heavy (non-hydrogen) atoms. The van der Waals surface area contributed by atoms with E-state index in [-0.39, 0.29) is 12.5 Å². The minimum absolute atomic E-state index is 0.219. The Hall–Kier alpha value is -1.75. The number of rotatable bonds is 3. The average Bonchev–Trinajstić information content (AvgIpc) is 2.45. The van der Waals surface area contributed by atoms with Gasteiger partial charge in [0.05, 0.1) is 5.41 Å². The van der Waals surface area contributed by atoms with Crippen molar-refractivity contribution in [3.05, 3.63) is 28.8 Å². The fourth-order valence-electron chi connectivity index (χ4n) is 2.84. The number of anilines is 1. The van der Waals surface area contributed by atoms with Crippen molar-refractivity contribution in [3.8, 4) is 0 Å². The maximum absolute atomic E-state index is 12.5. The van der Waals surface area contributed by atoms with Gasteiger partial charge in [-0.15, -0.1) is 0 Å². The van der Waals surface area contributed by atoms with E-state index in [2.05, 4.69) is 0 Å². The Labute approximate surface area is 128 Å². The van der Waals surface area contributed by atoms with Crippen LogP contribution >= 0.6 is 11.6 Å². The fraction of sp³-hybridized carbons (Fsp3) is 0.467. The van der Waals surface area contributed by atoms with Gasteiger partial charge in [0.15, 0.2) is 0 Å². The smallest absolute Gasteiger partial charge is 0.311 e. The second-order valence-corrected chi connectivity index (χ2v) is 5.98. The highest BCUT2D eigenvalue weighted by Gasteiger charge is 2.42. The second kappa shape index (κ2) is 5.93. The van der Waals surface area contributed by atoms with E-state index >= 15 is 0 Å². The lowest BCUT2D eigenvalue weighted by Gasteiger charge is -2.39. The number of benzene rings is 1. The number of carbonyl (C=O) groups excluding carboxylic acids is 1. The van der Waals surface area contributed by atoms with Gasteiger partial charge >= 0.3 is 5.97 Å². The van der Waals surface area contributed by atoms with E-state index in [0.29, 0.717) is 42.1 Å². The largest absolute Gasteiger partial charge is 0.481 e. The Morgan fingerprint density at radius 3 is 2.71 bits per heavy atom. The number of hydrogen-bond acceptors (Lipinski definition) is 3. The molecule has 1 amide bonds. The Morgan fingerprint density at radius 2 is 2.14 bits per heavy atom. The molecule has 1 fully saturated rings. The van der Waals surface area contributed by atoms with Crippen LogP contribution in [0.25, 0.3) is 0 Å². The van der Waals surface area contributed by atoms with E-state index in [1.165, 1.54) is 0 Å². The number of hydrogen-bond donors (Lipinski definition) is 2. The lowest BCUT2D eigenvalue weighted by Crippen LogP contribution is -2.49. The molecular formula is C15H19ClN2O3. The topological polar surface area (TPSA) is 83.6 Å². The van der Waals surface area contributed by atoms with E-state index in [0.717, 1.165) is 0 Å². The number of piperidine rings is 1. The summed E-state index contributed by atoms with van der Waals surface area (Å²) in [6.07, 6.45) is 1.78. The number of nitrogen functional groups attached to an aromatic ring is 1. The molecule has 0 saturated carbocycles. The molecule has 0 radical (unpaired) electrons. The normalized spacial score (nSPS) is 22.1. The zero-order valence-electron chi connectivity index (χ0n) is 11.9. The molecule has 1 aromatic rings. The summed E-state index contributed by atoms with van der Waals surface area (Å²) in [6.45, 7) is 2.63. The standard InChI is InChI=1S/C15H19ClN2O3/c1-2-15(14(20)21)4-3-5-18(9-15)13(19)10-6-11(16)8-12(17)7-10/h6-8H,2-5,9,17H2,1H3,(H,20,21). The first kappa shape index (κ1) is 15.6. The van der Waals surface area contributed by atoms with Crippen LogP contribution in [0.15, 0.2) is 18.2 Å². The molecule has 1 aliphatic rings. The highest BCUT2D eigenvalue weighted by molar-refractivity contribution is 6.31. The van der Waals surface area contributed by atoms with Crippen molar-refractivity contribution in [3.63, 3.8) is 0 Å². The minimum atomic E-state index is -0.849. The average molecular weight is 311 g/mol. The summed E-state index contributed by atoms with van der Waals surface area (Å²) >= 11 is 5.92. The number of nitrogens with two attached hydrogens (primary N) is 1. The number of aliphatic carboxylic acids is 1. The quantitative estimate of drug-likeness (QED) is 0.841. The number of carboxylic acid groups (broad SMARTS) is 1. The maximum atomic E-state index is 12.5. The van der Waals surface area contributed by atoms with Crippen LogP contribution in [0.1, 0.15) is 36.5 Å². The first-order valence-electron chi connectivity index (χ1n) is 6.97. The van der Waals surface area contributed by atoms with Gasteiger partial charge < -0.3 is 15.7 Å². The molecule has 2 rings (SSSR count). The number of carbonyl (C=O) groups is 2. The molecule has 0 aromatic heterocycles. The molecule has 1 atom stereocenters. The first-order chi connectivity index (χ1) is 9.88. The molecule has 6 heteroatoms. The number of carboxylic acids is 1. The molecule has 3 N–H and O–H groups in total. The molecule has 0 aliphatic carbocycles.